The molecule has 1 saturated heterocycles. The summed E-state index contributed by atoms with van der Waals surface area (Å²) in [5.74, 6) is -1.89. The summed E-state index contributed by atoms with van der Waals surface area (Å²) in [5.41, 5.74) is 1.67. The Balaban J connectivity index is 1.73. The number of thiophene rings is 1. The second-order valence-corrected chi connectivity index (χ2v) is 7.09. The van der Waals surface area contributed by atoms with E-state index in [4.69, 9.17) is 0 Å². The number of carbonyl (C=O) groups is 3. The number of ketones is 1. The standard InChI is InChI=1S/C18H18N2O4S/c1-11(21)16-6-12(10-25-16)7-17(22)20-8-14(15(9-20)18(23)24)13-2-4-19-5-3-13/h2-6,10,14-15H,7-9H2,1H3,(H,23,24)/t14-,15+/m1/s1. The second-order valence-electron chi connectivity index (χ2n) is 6.18. The number of nitrogens with zero attached hydrogens (tertiary/aromatic N) is 2. The third kappa shape index (κ3) is 3.76. The van der Waals surface area contributed by atoms with Gasteiger partial charge in [0, 0.05) is 31.4 Å². The van der Waals surface area contributed by atoms with Crippen LogP contribution in [-0.2, 0) is 16.0 Å². The van der Waals surface area contributed by atoms with E-state index in [1.165, 1.54) is 18.3 Å². The fraction of sp³-hybridized carbons (Fsp3) is 0.333. The summed E-state index contributed by atoms with van der Waals surface area (Å²) < 4.78 is 0. The molecular formula is C18H18N2O4S. The smallest absolute Gasteiger partial charge is 0.308 e. The number of rotatable bonds is 5. The molecule has 1 aliphatic rings. The van der Waals surface area contributed by atoms with E-state index in [9.17, 15) is 19.5 Å². The van der Waals surface area contributed by atoms with Crippen molar-refractivity contribution in [2.45, 2.75) is 19.3 Å². The van der Waals surface area contributed by atoms with Gasteiger partial charge in [-0.1, -0.05) is 0 Å². The predicted molar refractivity (Wildman–Crippen MR) is 92.7 cm³/mol. The van der Waals surface area contributed by atoms with Crippen molar-refractivity contribution in [2.75, 3.05) is 13.1 Å². The summed E-state index contributed by atoms with van der Waals surface area (Å²) in [6, 6.07) is 5.33. The lowest BCUT2D eigenvalue weighted by molar-refractivity contribution is -0.141. The summed E-state index contributed by atoms with van der Waals surface area (Å²) in [5, 5.41) is 11.3. The topological polar surface area (TPSA) is 87.6 Å². The first-order valence-corrected chi connectivity index (χ1v) is 8.82. The summed E-state index contributed by atoms with van der Waals surface area (Å²) in [4.78, 5) is 41.7. The summed E-state index contributed by atoms with van der Waals surface area (Å²) in [7, 11) is 0. The molecule has 25 heavy (non-hydrogen) atoms. The number of carboxylic acid groups (broad SMARTS) is 1. The van der Waals surface area contributed by atoms with Crippen molar-refractivity contribution in [1.82, 2.24) is 9.88 Å². The van der Waals surface area contributed by atoms with E-state index < -0.39 is 11.9 Å². The van der Waals surface area contributed by atoms with Gasteiger partial charge < -0.3 is 10.0 Å². The lowest BCUT2D eigenvalue weighted by Gasteiger charge is -2.16. The van der Waals surface area contributed by atoms with Crippen LogP contribution in [0, 0.1) is 5.92 Å². The van der Waals surface area contributed by atoms with Crippen molar-refractivity contribution in [3.05, 3.63) is 52.0 Å². The molecule has 1 fully saturated rings. The SMILES string of the molecule is CC(=O)c1cc(CC(=O)N2C[C@H](C(=O)O)[C@@H](c3ccncc3)C2)cs1. The fourth-order valence-electron chi connectivity index (χ4n) is 3.15. The summed E-state index contributed by atoms with van der Waals surface area (Å²) in [6.07, 6.45) is 3.44. The zero-order chi connectivity index (χ0) is 18.0. The van der Waals surface area contributed by atoms with Crippen LogP contribution >= 0.6 is 11.3 Å². The van der Waals surface area contributed by atoms with Gasteiger partial charge in [-0.3, -0.25) is 19.4 Å². The Labute approximate surface area is 149 Å². The molecule has 0 unspecified atom stereocenters. The van der Waals surface area contributed by atoms with Gasteiger partial charge in [-0.25, -0.2) is 0 Å². The molecule has 130 valence electrons. The molecule has 0 saturated carbocycles. The number of hydrogen-bond acceptors (Lipinski definition) is 5. The van der Waals surface area contributed by atoms with Crippen molar-refractivity contribution in [2.24, 2.45) is 5.92 Å². The molecule has 0 radical (unpaired) electrons. The van der Waals surface area contributed by atoms with Crippen molar-refractivity contribution in [3.8, 4) is 0 Å². The first-order chi connectivity index (χ1) is 12.0. The van der Waals surface area contributed by atoms with Crippen LogP contribution in [0.3, 0.4) is 0 Å². The van der Waals surface area contributed by atoms with Crippen LogP contribution in [0.4, 0.5) is 0 Å². The average molecular weight is 358 g/mol. The highest BCUT2D eigenvalue weighted by molar-refractivity contribution is 7.12. The van der Waals surface area contributed by atoms with Crippen LogP contribution in [0.25, 0.3) is 0 Å². The minimum Gasteiger partial charge on any atom is -0.481 e. The Hall–Kier alpha value is -2.54. The van der Waals surface area contributed by atoms with Crippen LogP contribution in [0.15, 0.2) is 36.0 Å². The molecule has 7 heteroatoms. The molecule has 0 bridgehead atoms. The zero-order valence-corrected chi connectivity index (χ0v) is 14.5. The lowest BCUT2D eigenvalue weighted by atomic mass is 9.90. The van der Waals surface area contributed by atoms with E-state index in [2.05, 4.69) is 4.98 Å². The van der Waals surface area contributed by atoms with Crippen LogP contribution in [0.2, 0.25) is 0 Å². The Morgan fingerprint density at radius 3 is 2.60 bits per heavy atom. The Morgan fingerprint density at radius 2 is 2.00 bits per heavy atom. The molecule has 0 spiro atoms. The molecule has 6 nitrogen and oxygen atoms in total. The molecule has 3 rings (SSSR count). The van der Waals surface area contributed by atoms with Gasteiger partial charge in [0.05, 0.1) is 17.2 Å². The number of pyridine rings is 1. The van der Waals surface area contributed by atoms with Crippen LogP contribution in [-0.4, -0.2) is 45.7 Å². The number of aliphatic carboxylic acids is 1. The minimum atomic E-state index is -0.897. The van der Waals surface area contributed by atoms with Crippen LogP contribution < -0.4 is 0 Å². The van der Waals surface area contributed by atoms with Gasteiger partial charge >= 0.3 is 5.97 Å². The third-order valence-electron chi connectivity index (χ3n) is 4.48. The highest BCUT2D eigenvalue weighted by Gasteiger charge is 2.40. The van der Waals surface area contributed by atoms with Crippen molar-refractivity contribution in [3.63, 3.8) is 0 Å². The maximum atomic E-state index is 12.6. The predicted octanol–water partition coefficient (Wildman–Crippen LogP) is 2.21. The molecule has 0 aliphatic carbocycles. The van der Waals surface area contributed by atoms with Gasteiger partial charge in [-0.2, -0.15) is 0 Å². The molecule has 2 aromatic rings. The average Bonchev–Trinajstić information content (AvgIpc) is 3.22. The molecule has 1 aliphatic heterocycles. The maximum absolute atomic E-state index is 12.6. The minimum absolute atomic E-state index is 0.0198. The monoisotopic (exact) mass is 358 g/mol. The fourth-order valence-corrected chi connectivity index (χ4v) is 3.96. The Bertz CT molecular complexity index is 802. The largest absolute Gasteiger partial charge is 0.481 e. The molecule has 2 atom stereocenters. The summed E-state index contributed by atoms with van der Waals surface area (Å²) in [6.45, 7) is 2.07. The van der Waals surface area contributed by atoms with Crippen molar-refractivity contribution < 1.29 is 19.5 Å². The van der Waals surface area contributed by atoms with Gasteiger partial charge in [-0.15, -0.1) is 11.3 Å². The molecule has 1 amide bonds. The molecule has 1 N–H and O–H groups in total. The van der Waals surface area contributed by atoms with Gasteiger partial charge in [0.1, 0.15) is 0 Å². The number of Topliss-reactive ketones (excluding diaryl/α,β-unsaturated/α-hetero) is 1. The maximum Gasteiger partial charge on any atom is 0.308 e. The highest BCUT2D eigenvalue weighted by atomic mass is 32.1. The number of amides is 1. The van der Waals surface area contributed by atoms with E-state index in [1.807, 2.05) is 0 Å². The van der Waals surface area contributed by atoms with Gasteiger partial charge in [0.2, 0.25) is 5.91 Å². The number of carboxylic acids is 1. The van der Waals surface area contributed by atoms with Crippen LogP contribution in [0.5, 0.6) is 0 Å². The Morgan fingerprint density at radius 1 is 1.28 bits per heavy atom. The zero-order valence-electron chi connectivity index (χ0n) is 13.7. The first-order valence-electron chi connectivity index (χ1n) is 7.94. The molecule has 3 heterocycles. The summed E-state index contributed by atoms with van der Waals surface area (Å²) >= 11 is 1.32. The molecular weight excluding hydrogens is 340 g/mol. The number of aromatic nitrogens is 1. The van der Waals surface area contributed by atoms with Crippen molar-refractivity contribution in [1.29, 1.82) is 0 Å². The van der Waals surface area contributed by atoms with Gasteiger partial charge in [0.15, 0.2) is 5.78 Å². The van der Waals surface area contributed by atoms with Crippen molar-refractivity contribution >= 4 is 29.0 Å². The van der Waals surface area contributed by atoms with E-state index in [1.54, 1.807) is 40.9 Å². The van der Waals surface area contributed by atoms with E-state index in [-0.39, 0.29) is 30.6 Å². The van der Waals surface area contributed by atoms with Gasteiger partial charge in [-0.05, 0) is 41.6 Å². The van der Waals surface area contributed by atoms with E-state index in [0.717, 1.165) is 11.1 Å². The second kappa shape index (κ2) is 7.14. The van der Waals surface area contributed by atoms with E-state index >= 15 is 0 Å². The number of likely N-dealkylation sites (tertiary alicyclic amines) is 1. The molecule has 2 aromatic heterocycles. The van der Waals surface area contributed by atoms with Gasteiger partial charge in [0.25, 0.3) is 0 Å². The highest BCUT2D eigenvalue weighted by Crippen LogP contribution is 2.33. The lowest BCUT2D eigenvalue weighted by Crippen LogP contribution is -2.31. The number of hydrogen-bond donors (Lipinski definition) is 1. The Kier molecular flexibility index (Phi) is 4.94. The normalized spacial score (nSPS) is 19.8. The van der Waals surface area contributed by atoms with Crippen LogP contribution in [0.1, 0.15) is 33.6 Å². The molecule has 0 aromatic carbocycles. The number of carbonyl (C=O) groups excluding carboxylic acids is 2. The quantitative estimate of drug-likeness (QED) is 0.828. The van der Waals surface area contributed by atoms with E-state index in [0.29, 0.717) is 11.4 Å². The first kappa shape index (κ1) is 17.3. The third-order valence-corrected chi connectivity index (χ3v) is 5.56.